The number of rotatable bonds is 4. The highest BCUT2D eigenvalue weighted by molar-refractivity contribution is 5.64. The Morgan fingerprint density at radius 2 is 0.867 bits per heavy atom. The predicted molar refractivity (Wildman–Crippen MR) is 250 cm³/mol. The maximum Gasteiger partial charge on any atom is 0.215 e. The van der Waals surface area contributed by atoms with Gasteiger partial charge in [0.15, 0.2) is 24.3 Å². The summed E-state index contributed by atoms with van der Waals surface area (Å²) in [7, 11) is 8.16. The minimum atomic E-state index is -2.05. The van der Waals surface area contributed by atoms with Gasteiger partial charge in [-0.1, -0.05) is 72.8 Å². The number of nitrogens with zero attached hydrogens (tertiary/aromatic N) is 4. The summed E-state index contributed by atoms with van der Waals surface area (Å²) in [6.07, 6.45) is 5.88. The maximum absolute atomic E-state index is 7.41. The molecule has 8 aromatic rings. The summed E-state index contributed by atoms with van der Waals surface area (Å²) >= 11 is 0. The lowest BCUT2D eigenvalue weighted by Crippen LogP contribution is -2.34. The van der Waals surface area contributed by atoms with Gasteiger partial charge in [-0.05, 0) is 119 Å². The highest BCUT2D eigenvalue weighted by Gasteiger charge is 2.15. The Kier molecular flexibility index (Phi) is 14.1. The third-order valence-corrected chi connectivity index (χ3v) is 11.0. The number of hydrogen-bond acceptors (Lipinski definition) is 0. The van der Waals surface area contributed by atoms with Crippen molar-refractivity contribution in [2.24, 2.45) is 28.2 Å². The SMILES string of the molecule is Cc1cc[n+](C)c(-c2ccccc2C)c1.Cc1ccccc1-c1c(C)ccc[n+]1C.Cc1ccccc1-c1cccc(C)[n+]1C.[2H]C([2H])([2H])c1ccc(-c2ccccc2C)[n+](C)c1. The van der Waals surface area contributed by atoms with E-state index in [1.54, 1.807) is 12.3 Å². The van der Waals surface area contributed by atoms with E-state index in [0.717, 1.165) is 11.3 Å². The van der Waals surface area contributed by atoms with Crippen LogP contribution in [-0.4, -0.2) is 0 Å². The van der Waals surface area contributed by atoms with Crippen molar-refractivity contribution in [3.63, 3.8) is 0 Å². The van der Waals surface area contributed by atoms with Crippen LogP contribution in [0.15, 0.2) is 170 Å². The minimum absolute atomic E-state index is 0.363. The predicted octanol–water partition coefficient (Wildman–Crippen LogP) is 11.2. The average Bonchev–Trinajstić information content (AvgIpc) is 3.25. The molecule has 8 rings (SSSR count). The van der Waals surface area contributed by atoms with Gasteiger partial charge in [-0.2, -0.15) is 4.57 Å². The van der Waals surface area contributed by atoms with Crippen molar-refractivity contribution in [3.05, 3.63) is 215 Å². The van der Waals surface area contributed by atoms with Gasteiger partial charge in [-0.25, -0.2) is 13.7 Å². The maximum atomic E-state index is 7.41. The Hall–Kier alpha value is -6.52. The monoisotopic (exact) mass is 796 g/mol. The highest BCUT2D eigenvalue weighted by atomic mass is 14.9. The molecule has 0 N–H and O–H groups in total. The molecule has 60 heavy (non-hydrogen) atoms. The van der Waals surface area contributed by atoms with Gasteiger partial charge in [0.2, 0.25) is 22.8 Å². The van der Waals surface area contributed by atoms with Gasteiger partial charge in [0.25, 0.3) is 0 Å². The Balaban J connectivity index is 0.000000159. The summed E-state index contributed by atoms with van der Waals surface area (Å²) in [5.74, 6) is 0. The van der Waals surface area contributed by atoms with Gasteiger partial charge in [-0.15, -0.1) is 0 Å². The van der Waals surface area contributed by atoms with Crippen molar-refractivity contribution in [2.75, 3.05) is 0 Å². The van der Waals surface area contributed by atoms with Crippen LogP contribution in [0.1, 0.15) is 48.8 Å². The first-order valence-corrected chi connectivity index (χ1v) is 20.6. The molecule has 0 aliphatic heterocycles. The fraction of sp³-hybridized carbons (Fsp3) is 0.214. The fourth-order valence-electron chi connectivity index (χ4n) is 7.36. The minimum Gasteiger partial charge on any atom is -0.201 e. The molecule has 0 aliphatic carbocycles. The standard InChI is InChI=1S/4C14H16N/c1-11-7-4-5-9-13(11)14-12(2)8-6-10-15(14)3;1-11-7-4-5-9-13(11)14-10-6-8-12(2)15(14)3;1-11-8-9-15(3)14(10-11)13-7-5-4-6-12(13)2;1-11-8-9-14(15(3)10-11)13-7-5-4-6-12(13)2/h4*4-10H,1-3H3/q4*+1/i;;;1D3. The van der Waals surface area contributed by atoms with Crippen LogP contribution in [0, 0.1) is 55.3 Å². The van der Waals surface area contributed by atoms with Gasteiger partial charge in [-0.3, -0.25) is 0 Å². The average molecular weight is 796 g/mol. The van der Waals surface area contributed by atoms with Crippen molar-refractivity contribution in [3.8, 4) is 45.0 Å². The van der Waals surface area contributed by atoms with E-state index in [2.05, 4.69) is 204 Å². The molecule has 0 saturated heterocycles. The second kappa shape index (κ2) is 20.9. The zero-order valence-electron chi connectivity index (χ0n) is 40.5. The van der Waals surface area contributed by atoms with Crippen molar-refractivity contribution < 1.29 is 22.4 Å². The van der Waals surface area contributed by atoms with Crippen LogP contribution in [0.3, 0.4) is 0 Å². The van der Waals surface area contributed by atoms with E-state index in [-0.39, 0.29) is 0 Å². The number of pyridine rings is 4. The quantitative estimate of drug-likeness (QED) is 0.158. The fourth-order valence-corrected chi connectivity index (χ4v) is 7.36. The molecule has 0 radical (unpaired) electrons. The second-order valence-corrected chi connectivity index (χ2v) is 15.6. The van der Waals surface area contributed by atoms with E-state index in [1.807, 2.05) is 48.9 Å². The highest BCUT2D eigenvalue weighted by Crippen LogP contribution is 2.24. The van der Waals surface area contributed by atoms with Gasteiger partial charge in [0.1, 0.15) is 28.2 Å². The van der Waals surface area contributed by atoms with Gasteiger partial charge >= 0.3 is 0 Å². The van der Waals surface area contributed by atoms with Crippen molar-refractivity contribution >= 4 is 0 Å². The van der Waals surface area contributed by atoms with Crippen molar-refractivity contribution in [1.29, 1.82) is 0 Å². The number of benzene rings is 4. The van der Waals surface area contributed by atoms with Gasteiger partial charge in [0, 0.05) is 80.8 Å². The molecule has 0 spiro atoms. The van der Waals surface area contributed by atoms with Crippen LogP contribution in [0.2, 0.25) is 0 Å². The van der Waals surface area contributed by atoms with E-state index in [4.69, 9.17) is 4.11 Å². The second-order valence-electron chi connectivity index (χ2n) is 15.6. The molecule has 4 nitrogen and oxygen atoms in total. The van der Waals surface area contributed by atoms with Crippen LogP contribution >= 0.6 is 0 Å². The number of hydrogen-bond donors (Lipinski definition) is 0. The topological polar surface area (TPSA) is 15.5 Å². The molecular weight excluding hydrogens is 729 g/mol. The summed E-state index contributed by atoms with van der Waals surface area (Å²) in [4.78, 5) is 0. The van der Waals surface area contributed by atoms with Crippen LogP contribution in [-0.2, 0) is 28.2 Å². The molecule has 0 saturated carbocycles. The molecule has 0 amide bonds. The Morgan fingerprint density at radius 3 is 1.38 bits per heavy atom. The van der Waals surface area contributed by atoms with Crippen molar-refractivity contribution in [2.45, 2.75) is 55.3 Å². The van der Waals surface area contributed by atoms with Crippen LogP contribution < -0.4 is 18.3 Å². The summed E-state index contributed by atoms with van der Waals surface area (Å²) in [5, 5.41) is 0. The molecule has 4 heterocycles. The lowest BCUT2D eigenvalue weighted by atomic mass is 10.0. The molecule has 0 fully saturated rings. The first kappa shape index (κ1) is 40.3. The molecule has 0 atom stereocenters. The first-order chi connectivity index (χ1) is 30.0. The van der Waals surface area contributed by atoms with Crippen LogP contribution in [0.25, 0.3) is 45.0 Å². The van der Waals surface area contributed by atoms with E-state index in [1.165, 1.54) is 72.8 Å². The van der Waals surface area contributed by atoms with E-state index in [9.17, 15) is 0 Å². The number of aromatic nitrogens is 4. The smallest absolute Gasteiger partial charge is 0.201 e. The Labute approximate surface area is 364 Å². The lowest BCUT2D eigenvalue weighted by Gasteiger charge is -2.06. The number of aryl methyl sites for hydroxylation is 11. The Morgan fingerprint density at radius 1 is 0.367 bits per heavy atom. The summed E-state index contributed by atoms with van der Waals surface area (Å²) in [6, 6.07) is 52.1. The lowest BCUT2D eigenvalue weighted by molar-refractivity contribution is -0.666. The van der Waals surface area contributed by atoms with E-state index >= 15 is 0 Å². The summed E-state index contributed by atoms with van der Waals surface area (Å²) in [5.41, 5.74) is 19.3. The van der Waals surface area contributed by atoms with Gasteiger partial charge < -0.3 is 0 Å². The van der Waals surface area contributed by atoms with E-state index in [0.29, 0.717) is 5.56 Å². The van der Waals surface area contributed by atoms with Crippen molar-refractivity contribution in [1.82, 2.24) is 0 Å². The third kappa shape index (κ3) is 11.4. The molecular formula is C56H64N4+4. The molecule has 0 bridgehead atoms. The largest absolute Gasteiger partial charge is 0.215 e. The molecule has 4 aromatic carbocycles. The normalized spacial score (nSPS) is 11.3. The summed E-state index contributed by atoms with van der Waals surface area (Å²) in [6.45, 7) is 12.9. The van der Waals surface area contributed by atoms with E-state index < -0.39 is 6.85 Å². The third-order valence-electron chi connectivity index (χ3n) is 11.0. The zero-order valence-corrected chi connectivity index (χ0v) is 37.5. The molecule has 304 valence electrons. The zero-order chi connectivity index (χ0) is 45.8. The molecule has 4 heteroatoms. The first-order valence-electron chi connectivity index (χ1n) is 22.1. The summed E-state index contributed by atoms with van der Waals surface area (Å²) < 4.78 is 30.7. The Bertz CT molecular complexity index is 2740. The molecule has 0 aliphatic rings. The van der Waals surface area contributed by atoms with Crippen LogP contribution in [0.4, 0.5) is 0 Å². The van der Waals surface area contributed by atoms with Crippen LogP contribution in [0.5, 0.6) is 0 Å². The molecule has 4 aromatic heterocycles. The van der Waals surface area contributed by atoms with Gasteiger partial charge in [0.05, 0.1) is 0 Å². The molecule has 0 unspecified atom stereocenters.